The van der Waals surface area contributed by atoms with Gasteiger partial charge in [0.2, 0.25) is 0 Å². The van der Waals surface area contributed by atoms with Gasteiger partial charge in [0.1, 0.15) is 0 Å². The molecule has 0 aliphatic heterocycles. The highest BCUT2D eigenvalue weighted by molar-refractivity contribution is 7.16. The molecule has 0 aliphatic carbocycles. The van der Waals surface area contributed by atoms with E-state index in [0.29, 0.717) is 13.2 Å². The van der Waals surface area contributed by atoms with Crippen molar-refractivity contribution in [2.45, 2.75) is 39.2 Å². The molecule has 1 aromatic heterocycles. The minimum Gasteiger partial charge on any atom is -0.389 e. The van der Waals surface area contributed by atoms with Gasteiger partial charge in [-0.3, -0.25) is 0 Å². The summed E-state index contributed by atoms with van der Waals surface area (Å²) in [7, 11) is 0. The van der Waals surface area contributed by atoms with E-state index in [9.17, 15) is 5.11 Å². The van der Waals surface area contributed by atoms with Crippen molar-refractivity contribution >= 4 is 22.9 Å². The zero-order valence-corrected chi connectivity index (χ0v) is 14.0. The largest absolute Gasteiger partial charge is 0.389 e. The SMILES string of the molecule is CC(C)CCCOCC(O)CNCCc1ccc(Cl)s1. The van der Waals surface area contributed by atoms with Crippen LogP contribution in [0.4, 0.5) is 0 Å². The van der Waals surface area contributed by atoms with Crippen molar-refractivity contribution in [1.82, 2.24) is 5.32 Å². The summed E-state index contributed by atoms with van der Waals surface area (Å²) in [6.45, 7) is 6.99. The molecule has 0 fully saturated rings. The van der Waals surface area contributed by atoms with Crippen LogP contribution in [0.3, 0.4) is 0 Å². The van der Waals surface area contributed by atoms with Crippen LogP contribution in [0.25, 0.3) is 0 Å². The van der Waals surface area contributed by atoms with E-state index in [0.717, 1.165) is 36.2 Å². The zero-order valence-electron chi connectivity index (χ0n) is 12.4. The molecule has 0 bridgehead atoms. The summed E-state index contributed by atoms with van der Waals surface area (Å²) in [4.78, 5) is 1.27. The van der Waals surface area contributed by atoms with Gasteiger partial charge in [-0.05, 0) is 37.3 Å². The topological polar surface area (TPSA) is 41.5 Å². The Morgan fingerprint density at radius 3 is 2.85 bits per heavy atom. The fourth-order valence-corrected chi connectivity index (χ4v) is 2.93. The third-order valence-corrected chi connectivity index (χ3v) is 4.23. The van der Waals surface area contributed by atoms with Crippen LogP contribution in [-0.4, -0.2) is 37.5 Å². The molecule has 0 aliphatic rings. The van der Waals surface area contributed by atoms with Crippen LogP contribution in [0.1, 0.15) is 31.6 Å². The fraction of sp³-hybridized carbons (Fsp3) is 0.733. The molecule has 0 spiro atoms. The number of rotatable bonds is 11. The predicted octanol–water partition coefficient (Wildman–Crippen LogP) is 3.35. The van der Waals surface area contributed by atoms with E-state index in [4.69, 9.17) is 16.3 Å². The van der Waals surface area contributed by atoms with Crippen molar-refractivity contribution < 1.29 is 9.84 Å². The second-order valence-electron chi connectivity index (χ2n) is 5.42. The highest BCUT2D eigenvalue weighted by Crippen LogP contribution is 2.21. The van der Waals surface area contributed by atoms with Gasteiger partial charge in [0.25, 0.3) is 0 Å². The van der Waals surface area contributed by atoms with Gasteiger partial charge >= 0.3 is 0 Å². The van der Waals surface area contributed by atoms with Crippen molar-refractivity contribution in [2.75, 3.05) is 26.3 Å². The average Bonchev–Trinajstić information content (AvgIpc) is 2.80. The van der Waals surface area contributed by atoms with Gasteiger partial charge in [0.05, 0.1) is 17.0 Å². The molecule has 1 unspecified atom stereocenters. The predicted molar refractivity (Wildman–Crippen MR) is 86.8 cm³/mol. The lowest BCUT2D eigenvalue weighted by Crippen LogP contribution is -2.31. The second kappa shape index (κ2) is 10.6. The number of nitrogens with one attached hydrogen (secondary N) is 1. The molecule has 3 nitrogen and oxygen atoms in total. The van der Waals surface area contributed by atoms with E-state index < -0.39 is 6.10 Å². The molecule has 0 saturated heterocycles. The number of thiophene rings is 1. The van der Waals surface area contributed by atoms with Crippen LogP contribution in [0.5, 0.6) is 0 Å². The van der Waals surface area contributed by atoms with Crippen molar-refractivity contribution in [1.29, 1.82) is 0 Å². The average molecular weight is 320 g/mol. The Bertz CT molecular complexity index is 357. The van der Waals surface area contributed by atoms with Crippen LogP contribution >= 0.6 is 22.9 Å². The maximum absolute atomic E-state index is 9.75. The minimum atomic E-state index is -0.430. The Kier molecular flexibility index (Phi) is 9.48. The van der Waals surface area contributed by atoms with Crippen molar-refractivity contribution in [3.05, 3.63) is 21.3 Å². The lowest BCUT2D eigenvalue weighted by Gasteiger charge is -2.12. The maximum Gasteiger partial charge on any atom is 0.0931 e. The Labute approximate surface area is 131 Å². The normalized spacial score (nSPS) is 13.1. The van der Waals surface area contributed by atoms with Gasteiger partial charge in [-0.25, -0.2) is 0 Å². The smallest absolute Gasteiger partial charge is 0.0931 e. The highest BCUT2D eigenvalue weighted by atomic mass is 35.5. The monoisotopic (exact) mass is 319 g/mol. The Morgan fingerprint density at radius 1 is 1.40 bits per heavy atom. The molecule has 116 valence electrons. The third kappa shape index (κ3) is 8.93. The van der Waals surface area contributed by atoms with Gasteiger partial charge in [-0.2, -0.15) is 0 Å². The molecule has 1 rings (SSSR count). The van der Waals surface area contributed by atoms with E-state index in [2.05, 4.69) is 19.2 Å². The lowest BCUT2D eigenvalue weighted by molar-refractivity contribution is 0.0349. The number of halogens is 1. The summed E-state index contributed by atoms with van der Waals surface area (Å²) >= 11 is 7.47. The highest BCUT2D eigenvalue weighted by Gasteiger charge is 2.04. The standard InChI is InChI=1S/C15H26ClNO2S/c1-12(2)4-3-9-19-11-13(18)10-17-8-7-14-5-6-15(16)20-14/h5-6,12-13,17-18H,3-4,7-11H2,1-2H3. The molecule has 1 heterocycles. The van der Waals surface area contributed by atoms with Gasteiger partial charge in [0, 0.05) is 24.6 Å². The number of hydrogen-bond acceptors (Lipinski definition) is 4. The van der Waals surface area contributed by atoms with Crippen LogP contribution in [0.2, 0.25) is 4.34 Å². The lowest BCUT2D eigenvalue weighted by atomic mass is 10.1. The molecule has 0 saturated carbocycles. The zero-order chi connectivity index (χ0) is 14.8. The third-order valence-electron chi connectivity index (χ3n) is 2.94. The first-order valence-electron chi connectivity index (χ1n) is 7.28. The number of aliphatic hydroxyl groups excluding tert-OH is 1. The maximum atomic E-state index is 9.75. The summed E-state index contributed by atoms with van der Waals surface area (Å²) in [5, 5.41) is 13.0. The second-order valence-corrected chi connectivity index (χ2v) is 7.22. The molecule has 0 aromatic carbocycles. The number of ether oxygens (including phenoxy) is 1. The van der Waals surface area contributed by atoms with E-state index >= 15 is 0 Å². The molecule has 5 heteroatoms. The van der Waals surface area contributed by atoms with Gasteiger partial charge < -0.3 is 15.2 Å². The van der Waals surface area contributed by atoms with Crippen molar-refractivity contribution in [3.8, 4) is 0 Å². The Morgan fingerprint density at radius 2 is 2.20 bits per heavy atom. The fourth-order valence-electron chi connectivity index (χ4n) is 1.84. The first kappa shape index (κ1) is 17.9. The number of hydrogen-bond donors (Lipinski definition) is 2. The molecule has 20 heavy (non-hydrogen) atoms. The summed E-state index contributed by atoms with van der Waals surface area (Å²) in [6, 6.07) is 3.96. The summed E-state index contributed by atoms with van der Waals surface area (Å²) in [5.41, 5.74) is 0. The van der Waals surface area contributed by atoms with Crippen LogP contribution in [-0.2, 0) is 11.2 Å². The van der Waals surface area contributed by atoms with Crippen LogP contribution in [0, 0.1) is 5.92 Å². The molecule has 1 atom stereocenters. The minimum absolute atomic E-state index is 0.413. The van der Waals surface area contributed by atoms with E-state index in [1.165, 1.54) is 11.3 Å². The van der Waals surface area contributed by atoms with E-state index in [-0.39, 0.29) is 0 Å². The van der Waals surface area contributed by atoms with E-state index in [1.54, 1.807) is 11.3 Å². The Balaban J connectivity index is 1.93. The molecule has 0 amide bonds. The summed E-state index contributed by atoms with van der Waals surface area (Å²) in [6.07, 6.45) is 2.76. The Hall–Kier alpha value is -0.130. The van der Waals surface area contributed by atoms with Gasteiger partial charge in [-0.15, -0.1) is 11.3 Å². The van der Waals surface area contributed by atoms with Gasteiger partial charge in [-0.1, -0.05) is 25.4 Å². The van der Waals surface area contributed by atoms with Crippen molar-refractivity contribution in [3.63, 3.8) is 0 Å². The first-order chi connectivity index (χ1) is 9.58. The van der Waals surface area contributed by atoms with Crippen molar-refractivity contribution in [2.24, 2.45) is 5.92 Å². The molecule has 0 radical (unpaired) electrons. The number of aliphatic hydroxyl groups is 1. The summed E-state index contributed by atoms with van der Waals surface area (Å²) < 4.78 is 6.29. The van der Waals surface area contributed by atoms with Gasteiger partial charge in [0.15, 0.2) is 0 Å². The summed E-state index contributed by atoms with van der Waals surface area (Å²) in [5.74, 6) is 0.718. The van der Waals surface area contributed by atoms with E-state index in [1.807, 2.05) is 12.1 Å². The molecule has 2 N–H and O–H groups in total. The van der Waals surface area contributed by atoms with Crippen LogP contribution in [0.15, 0.2) is 12.1 Å². The molecular formula is C15H26ClNO2S. The quantitative estimate of drug-likeness (QED) is 0.615. The van der Waals surface area contributed by atoms with Crippen LogP contribution < -0.4 is 5.32 Å². The molecule has 1 aromatic rings. The molecular weight excluding hydrogens is 294 g/mol. The first-order valence-corrected chi connectivity index (χ1v) is 8.48.